The first-order valence-electron chi connectivity index (χ1n) is 8.50. The molecule has 0 radical (unpaired) electrons. The maximum absolute atomic E-state index is 12.5. The highest BCUT2D eigenvalue weighted by molar-refractivity contribution is 5.93. The number of nitrogens with zero attached hydrogens (tertiary/aromatic N) is 1. The van der Waals surface area contributed by atoms with Crippen LogP contribution in [-0.4, -0.2) is 53.8 Å². The Balaban J connectivity index is 2.08. The SMILES string of the molecule is CC(C)Oc1cccc(C=CC(=O)N(CC(=O)O)C2CCOCC2)c1. The van der Waals surface area contributed by atoms with E-state index in [0.717, 1.165) is 11.3 Å². The first-order valence-corrected chi connectivity index (χ1v) is 8.50. The average molecular weight is 347 g/mol. The molecular weight excluding hydrogens is 322 g/mol. The van der Waals surface area contributed by atoms with Gasteiger partial charge in [-0.1, -0.05) is 12.1 Å². The normalized spacial score (nSPS) is 15.5. The third-order valence-electron chi connectivity index (χ3n) is 3.87. The van der Waals surface area contributed by atoms with Crippen LogP contribution >= 0.6 is 0 Å². The van der Waals surface area contributed by atoms with Crippen LogP contribution in [0.3, 0.4) is 0 Å². The van der Waals surface area contributed by atoms with E-state index in [0.29, 0.717) is 26.1 Å². The summed E-state index contributed by atoms with van der Waals surface area (Å²) < 4.78 is 10.9. The van der Waals surface area contributed by atoms with E-state index in [4.69, 9.17) is 14.6 Å². The first-order chi connectivity index (χ1) is 12.0. The van der Waals surface area contributed by atoms with Gasteiger partial charge in [0, 0.05) is 25.3 Å². The molecule has 0 aliphatic carbocycles. The van der Waals surface area contributed by atoms with Crippen LogP contribution in [0.1, 0.15) is 32.3 Å². The van der Waals surface area contributed by atoms with E-state index in [1.807, 2.05) is 38.1 Å². The van der Waals surface area contributed by atoms with Gasteiger partial charge in [-0.05, 0) is 50.5 Å². The molecule has 1 aliphatic rings. The maximum atomic E-state index is 12.5. The highest BCUT2D eigenvalue weighted by atomic mass is 16.5. The van der Waals surface area contributed by atoms with Crippen LogP contribution in [0.2, 0.25) is 0 Å². The molecule has 1 aromatic rings. The Hall–Kier alpha value is -2.34. The summed E-state index contributed by atoms with van der Waals surface area (Å²) in [6, 6.07) is 7.33. The molecule has 136 valence electrons. The summed E-state index contributed by atoms with van der Waals surface area (Å²) >= 11 is 0. The third kappa shape index (κ3) is 6.23. The van der Waals surface area contributed by atoms with Crippen LogP contribution in [0.15, 0.2) is 30.3 Å². The monoisotopic (exact) mass is 347 g/mol. The molecule has 1 aromatic carbocycles. The molecule has 1 saturated heterocycles. The van der Waals surface area contributed by atoms with Gasteiger partial charge in [0.05, 0.1) is 6.10 Å². The zero-order chi connectivity index (χ0) is 18.2. The van der Waals surface area contributed by atoms with Gasteiger partial charge in [0.1, 0.15) is 12.3 Å². The van der Waals surface area contributed by atoms with Gasteiger partial charge >= 0.3 is 5.97 Å². The fourth-order valence-electron chi connectivity index (χ4n) is 2.76. The second-order valence-electron chi connectivity index (χ2n) is 6.28. The Kier molecular flexibility index (Phi) is 7.01. The second-order valence-corrected chi connectivity index (χ2v) is 6.28. The Bertz CT molecular complexity index is 620. The molecule has 0 atom stereocenters. The topological polar surface area (TPSA) is 76.1 Å². The number of benzene rings is 1. The van der Waals surface area contributed by atoms with Crippen molar-refractivity contribution in [2.45, 2.75) is 38.8 Å². The summed E-state index contributed by atoms with van der Waals surface area (Å²) in [6.45, 7) is 4.69. The fraction of sp³-hybridized carbons (Fsp3) is 0.474. The van der Waals surface area contributed by atoms with E-state index in [2.05, 4.69) is 0 Å². The minimum absolute atomic E-state index is 0.0699. The lowest BCUT2D eigenvalue weighted by Crippen LogP contribution is -2.45. The van der Waals surface area contributed by atoms with Gasteiger partial charge in [-0.15, -0.1) is 0 Å². The van der Waals surface area contributed by atoms with Crippen LogP contribution < -0.4 is 4.74 Å². The van der Waals surface area contributed by atoms with Gasteiger partial charge < -0.3 is 19.5 Å². The standard InChI is InChI=1S/C19H25NO5/c1-14(2)25-17-5-3-4-15(12-17)6-7-18(21)20(13-19(22)23)16-8-10-24-11-9-16/h3-7,12,14,16H,8-11,13H2,1-2H3,(H,22,23). The first kappa shape index (κ1) is 19.0. The van der Waals surface area contributed by atoms with Gasteiger partial charge in [0.15, 0.2) is 0 Å². The Morgan fingerprint density at radius 3 is 2.72 bits per heavy atom. The molecule has 0 bridgehead atoms. The summed E-state index contributed by atoms with van der Waals surface area (Å²) in [4.78, 5) is 25.0. The van der Waals surface area contributed by atoms with Crippen molar-refractivity contribution in [1.82, 2.24) is 4.90 Å². The zero-order valence-corrected chi connectivity index (χ0v) is 14.7. The van der Waals surface area contributed by atoms with Crippen molar-refractivity contribution >= 4 is 18.0 Å². The van der Waals surface area contributed by atoms with Crippen molar-refractivity contribution in [3.8, 4) is 5.75 Å². The van der Waals surface area contributed by atoms with E-state index >= 15 is 0 Å². The van der Waals surface area contributed by atoms with E-state index in [-0.39, 0.29) is 24.6 Å². The molecule has 1 fully saturated rings. The number of aliphatic carboxylic acids is 1. The predicted octanol–water partition coefficient (Wildman–Crippen LogP) is 2.58. The van der Waals surface area contributed by atoms with Crippen LogP contribution in [-0.2, 0) is 14.3 Å². The van der Waals surface area contributed by atoms with E-state index < -0.39 is 5.97 Å². The number of hydrogen-bond donors (Lipinski definition) is 1. The molecule has 0 unspecified atom stereocenters. The van der Waals surface area contributed by atoms with Crippen molar-refractivity contribution < 1.29 is 24.2 Å². The lowest BCUT2D eigenvalue weighted by Gasteiger charge is -2.32. The molecule has 0 saturated carbocycles. The van der Waals surface area contributed by atoms with Gasteiger partial charge in [-0.2, -0.15) is 0 Å². The van der Waals surface area contributed by atoms with Crippen LogP contribution in [0.4, 0.5) is 0 Å². The fourth-order valence-corrected chi connectivity index (χ4v) is 2.76. The van der Waals surface area contributed by atoms with E-state index in [9.17, 15) is 9.59 Å². The van der Waals surface area contributed by atoms with Crippen molar-refractivity contribution in [3.05, 3.63) is 35.9 Å². The molecule has 2 rings (SSSR count). The van der Waals surface area contributed by atoms with Gasteiger partial charge in [-0.3, -0.25) is 9.59 Å². The summed E-state index contributed by atoms with van der Waals surface area (Å²) in [7, 11) is 0. The van der Waals surface area contributed by atoms with Crippen LogP contribution in [0.5, 0.6) is 5.75 Å². The van der Waals surface area contributed by atoms with Gasteiger partial charge in [0.2, 0.25) is 5.91 Å². The van der Waals surface area contributed by atoms with Crippen molar-refractivity contribution in [1.29, 1.82) is 0 Å². The van der Waals surface area contributed by atoms with Crippen molar-refractivity contribution in [2.75, 3.05) is 19.8 Å². The smallest absolute Gasteiger partial charge is 0.323 e. The Morgan fingerprint density at radius 2 is 2.08 bits per heavy atom. The van der Waals surface area contributed by atoms with Crippen molar-refractivity contribution in [3.63, 3.8) is 0 Å². The van der Waals surface area contributed by atoms with Crippen LogP contribution in [0, 0.1) is 0 Å². The van der Waals surface area contributed by atoms with E-state index in [1.54, 1.807) is 6.08 Å². The van der Waals surface area contributed by atoms with Crippen LogP contribution in [0.25, 0.3) is 6.08 Å². The lowest BCUT2D eigenvalue weighted by atomic mass is 10.1. The Morgan fingerprint density at radius 1 is 1.36 bits per heavy atom. The minimum Gasteiger partial charge on any atom is -0.491 e. The number of carboxylic acid groups (broad SMARTS) is 1. The number of carbonyl (C=O) groups is 2. The zero-order valence-electron chi connectivity index (χ0n) is 14.7. The largest absolute Gasteiger partial charge is 0.491 e. The molecule has 1 heterocycles. The highest BCUT2D eigenvalue weighted by Gasteiger charge is 2.26. The highest BCUT2D eigenvalue weighted by Crippen LogP contribution is 2.18. The number of rotatable bonds is 7. The van der Waals surface area contributed by atoms with Gasteiger partial charge in [-0.25, -0.2) is 0 Å². The molecule has 6 nitrogen and oxygen atoms in total. The molecule has 1 N–H and O–H groups in total. The number of ether oxygens (including phenoxy) is 2. The average Bonchev–Trinajstić information content (AvgIpc) is 2.58. The van der Waals surface area contributed by atoms with Gasteiger partial charge in [0.25, 0.3) is 0 Å². The molecular formula is C19H25NO5. The van der Waals surface area contributed by atoms with E-state index in [1.165, 1.54) is 11.0 Å². The minimum atomic E-state index is -1.01. The molecule has 0 aromatic heterocycles. The summed E-state index contributed by atoms with van der Waals surface area (Å²) in [5.74, 6) is -0.582. The number of hydrogen-bond acceptors (Lipinski definition) is 4. The molecule has 0 spiro atoms. The molecule has 1 aliphatic heterocycles. The lowest BCUT2D eigenvalue weighted by molar-refractivity contribution is -0.145. The number of carboxylic acids is 1. The quantitative estimate of drug-likeness (QED) is 0.767. The number of carbonyl (C=O) groups excluding carboxylic acids is 1. The second kappa shape index (κ2) is 9.22. The molecule has 6 heteroatoms. The number of amides is 1. The predicted molar refractivity (Wildman–Crippen MR) is 94.4 cm³/mol. The summed E-state index contributed by atoms with van der Waals surface area (Å²) in [5, 5.41) is 9.10. The maximum Gasteiger partial charge on any atom is 0.323 e. The molecule has 1 amide bonds. The molecule has 25 heavy (non-hydrogen) atoms. The van der Waals surface area contributed by atoms with Crippen molar-refractivity contribution in [2.24, 2.45) is 0 Å². The Labute approximate surface area is 148 Å². The third-order valence-corrected chi connectivity index (χ3v) is 3.87. The summed E-state index contributed by atoms with van der Waals surface area (Å²) in [5.41, 5.74) is 0.828. The summed E-state index contributed by atoms with van der Waals surface area (Å²) in [6.07, 6.45) is 4.49.